The van der Waals surface area contributed by atoms with Gasteiger partial charge in [0.25, 0.3) is 0 Å². The molecule has 0 bridgehead atoms. The van der Waals surface area contributed by atoms with Gasteiger partial charge in [-0.1, -0.05) is 12.1 Å². The maximum atomic E-state index is 11.8. The van der Waals surface area contributed by atoms with Crippen molar-refractivity contribution in [3.63, 3.8) is 0 Å². The molecule has 2 N–H and O–H groups in total. The summed E-state index contributed by atoms with van der Waals surface area (Å²) in [5.41, 5.74) is 2.48. The van der Waals surface area contributed by atoms with Gasteiger partial charge in [0.15, 0.2) is 0 Å². The molecule has 0 saturated heterocycles. The summed E-state index contributed by atoms with van der Waals surface area (Å²) in [5, 5.41) is 6.28. The van der Waals surface area contributed by atoms with E-state index in [1.54, 1.807) is 0 Å². The van der Waals surface area contributed by atoms with Gasteiger partial charge in [0.1, 0.15) is 5.75 Å². The molecule has 1 aromatic carbocycles. The summed E-state index contributed by atoms with van der Waals surface area (Å²) in [4.78, 5) is 11.8. The first kappa shape index (κ1) is 12.5. The molecular formula is C15H20N2O2. The van der Waals surface area contributed by atoms with Gasteiger partial charge in [-0.05, 0) is 37.0 Å². The van der Waals surface area contributed by atoms with Gasteiger partial charge in [0, 0.05) is 19.0 Å². The Bertz CT molecular complexity index is 483. The van der Waals surface area contributed by atoms with E-state index in [1.165, 1.54) is 11.1 Å². The number of fused-ring (bicyclic) bond motifs is 1. The lowest BCUT2D eigenvalue weighted by atomic mass is 10.1. The third-order valence-corrected chi connectivity index (χ3v) is 3.68. The summed E-state index contributed by atoms with van der Waals surface area (Å²) in [6.45, 7) is 3.41. The highest BCUT2D eigenvalue weighted by Crippen LogP contribution is 2.25. The molecule has 4 nitrogen and oxygen atoms in total. The third-order valence-electron chi connectivity index (χ3n) is 3.68. The number of ether oxygens (including phenoxy) is 1. The molecule has 3 rings (SSSR count). The van der Waals surface area contributed by atoms with Crippen LogP contribution in [0.15, 0.2) is 18.2 Å². The largest absolute Gasteiger partial charge is 0.493 e. The van der Waals surface area contributed by atoms with Crippen molar-refractivity contribution in [1.29, 1.82) is 0 Å². The first-order chi connectivity index (χ1) is 9.22. The zero-order valence-electron chi connectivity index (χ0n) is 11.2. The Kier molecular flexibility index (Phi) is 3.42. The summed E-state index contributed by atoms with van der Waals surface area (Å²) < 4.78 is 5.48. The maximum Gasteiger partial charge on any atom is 0.237 e. The average Bonchev–Trinajstić information content (AvgIpc) is 3.10. The highest BCUT2D eigenvalue weighted by molar-refractivity contribution is 5.81. The van der Waals surface area contributed by atoms with E-state index in [-0.39, 0.29) is 11.9 Å². The van der Waals surface area contributed by atoms with E-state index in [9.17, 15) is 4.79 Å². The SMILES string of the molecule is CC(NCc1ccc2c(c1)CCO2)C(=O)NC1CC1. The lowest BCUT2D eigenvalue weighted by Crippen LogP contribution is -2.42. The quantitative estimate of drug-likeness (QED) is 0.841. The van der Waals surface area contributed by atoms with Gasteiger partial charge in [0.05, 0.1) is 12.6 Å². The van der Waals surface area contributed by atoms with Crippen LogP contribution in [0.4, 0.5) is 0 Å². The number of carbonyl (C=O) groups excluding carboxylic acids is 1. The van der Waals surface area contributed by atoms with Crippen LogP contribution in [0.1, 0.15) is 30.9 Å². The molecule has 0 aromatic heterocycles. The molecule has 1 atom stereocenters. The predicted molar refractivity (Wildman–Crippen MR) is 73.1 cm³/mol. The van der Waals surface area contributed by atoms with Crippen molar-refractivity contribution >= 4 is 5.91 Å². The van der Waals surface area contributed by atoms with Crippen LogP contribution in [0.3, 0.4) is 0 Å². The Morgan fingerprint density at radius 1 is 1.47 bits per heavy atom. The third kappa shape index (κ3) is 3.07. The summed E-state index contributed by atoms with van der Waals surface area (Å²) in [6.07, 6.45) is 3.24. The molecule has 0 spiro atoms. The molecular weight excluding hydrogens is 240 g/mol. The fourth-order valence-corrected chi connectivity index (χ4v) is 2.27. The molecule has 1 aliphatic carbocycles. The summed E-state index contributed by atoms with van der Waals surface area (Å²) in [6, 6.07) is 6.52. The van der Waals surface area contributed by atoms with E-state index >= 15 is 0 Å². The predicted octanol–water partition coefficient (Wildman–Crippen LogP) is 1.38. The van der Waals surface area contributed by atoms with E-state index in [4.69, 9.17) is 4.74 Å². The van der Waals surface area contributed by atoms with E-state index in [0.717, 1.165) is 31.6 Å². The van der Waals surface area contributed by atoms with Crippen molar-refractivity contribution in [3.05, 3.63) is 29.3 Å². The molecule has 1 fully saturated rings. The molecule has 1 heterocycles. The van der Waals surface area contributed by atoms with Crippen molar-refractivity contribution in [2.75, 3.05) is 6.61 Å². The van der Waals surface area contributed by atoms with Crippen molar-refractivity contribution in [3.8, 4) is 5.75 Å². The number of amides is 1. The Hall–Kier alpha value is -1.55. The van der Waals surface area contributed by atoms with Gasteiger partial charge >= 0.3 is 0 Å². The summed E-state index contributed by atoms with van der Waals surface area (Å²) in [7, 11) is 0. The molecule has 102 valence electrons. The highest BCUT2D eigenvalue weighted by atomic mass is 16.5. The summed E-state index contributed by atoms with van der Waals surface area (Å²) >= 11 is 0. The number of carbonyl (C=O) groups is 1. The van der Waals surface area contributed by atoms with Gasteiger partial charge in [-0.25, -0.2) is 0 Å². The minimum atomic E-state index is -0.148. The second kappa shape index (κ2) is 5.21. The van der Waals surface area contributed by atoms with Crippen LogP contribution in [-0.2, 0) is 17.8 Å². The molecule has 1 saturated carbocycles. The van der Waals surface area contributed by atoms with Crippen LogP contribution in [0.2, 0.25) is 0 Å². The topological polar surface area (TPSA) is 50.4 Å². The minimum absolute atomic E-state index is 0.104. The Labute approximate surface area is 113 Å². The molecule has 1 aliphatic heterocycles. The number of nitrogens with one attached hydrogen (secondary N) is 2. The second-order valence-corrected chi connectivity index (χ2v) is 5.43. The first-order valence-electron chi connectivity index (χ1n) is 7.01. The Morgan fingerprint density at radius 2 is 2.32 bits per heavy atom. The van der Waals surface area contributed by atoms with Crippen LogP contribution in [0.5, 0.6) is 5.75 Å². The van der Waals surface area contributed by atoms with E-state index < -0.39 is 0 Å². The van der Waals surface area contributed by atoms with Crippen LogP contribution in [0.25, 0.3) is 0 Å². The highest BCUT2D eigenvalue weighted by Gasteiger charge is 2.25. The zero-order valence-corrected chi connectivity index (χ0v) is 11.2. The summed E-state index contributed by atoms with van der Waals surface area (Å²) in [5.74, 6) is 1.11. The molecule has 1 aromatic rings. The first-order valence-corrected chi connectivity index (χ1v) is 7.01. The Morgan fingerprint density at radius 3 is 3.11 bits per heavy atom. The lowest BCUT2D eigenvalue weighted by Gasteiger charge is -2.14. The van der Waals surface area contributed by atoms with Crippen LogP contribution in [-0.4, -0.2) is 24.6 Å². The average molecular weight is 260 g/mol. The van der Waals surface area contributed by atoms with Crippen LogP contribution < -0.4 is 15.4 Å². The molecule has 19 heavy (non-hydrogen) atoms. The maximum absolute atomic E-state index is 11.8. The standard InChI is InChI=1S/C15H20N2O2/c1-10(15(18)17-13-3-4-13)16-9-11-2-5-14-12(8-11)6-7-19-14/h2,5,8,10,13,16H,3-4,6-7,9H2,1H3,(H,17,18). The Balaban J connectivity index is 1.52. The molecule has 0 radical (unpaired) electrons. The number of hydrogen-bond donors (Lipinski definition) is 2. The van der Waals surface area contributed by atoms with Crippen molar-refractivity contribution in [2.24, 2.45) is 0 Å². The van der Waals surface area contributed by atoms with Crippen molar-refractivity contribution in [2.45, 2.75) is 44.8 Å². The number of hydrogen-bond acceptors (Lipinski definition) is 3. The molecule has 1 unspecified atom stereocenters. The molecule has 2 aliphatic rings. The smallest absolute Gasteiger partial charge is 0.237 e. The molecule has 1 amide bonds. The van der Waals surface area contributed by atoms with Gasteiger partial charge in [-0.2, -0.15) is 0 Å². The number of rotatable bonds is 5. The second-order valence-electron chi connectivity index (χ2n) is 5.43. The lowest BCUT2D eigenvalue weighted by molar-refractivity contribution is -0.122. The van der Waals surface area contributed by atoms with Crippen LogP contribution >= 0.6 is 0 Å². The van der Waals surface area contributed by atoms with Gasteiger partial charge in [0.2, 0.25) is 5.91 Å². The minimum Gasteiger partial charge on any atom is -0.493 e. The van der Waals surface area contributed by atoms with Crippen LogP contribution in [0, 0.1) is 0 Å². The van der Waals surface area contributed by atoms with Gasteiger partial charge in [-0.3, -0.25) is 4.79 Å². The zero-order chi connectivity index (χ0) is 13.2. The van der Waals surface area contributed by atoms with Gasteiger partial charge in [-0.15, -0.1) is 0 Å². The van der Waals surface area contributed by atoms with Crippen molar-refractivity contribution < 1.29 is 9.53 Å². The van der Waals surface area contributed by atoms with Gasteiger partial charge < -0.3 is 15.4 Å². The van der Waals surface area contributed by atoms with Crippen molar-refractivity contribution in [1.82, 2.24) is 10.6 Å². The normalized spacial score (nSPS) is 18.6. The van der Waals surface area contributed by atoms with E-state index in [1.807, 2.05) is 13.0 Å². The number of benzene rings is 1. The van der Waals surface area contributed by atoms with E-state index in [2.05, 4.69) is 22.8 Å². The van der Waals surface area contributed by atoms with E-state index in [0.29, 0.717) is 12.6 Å². The fraction of sp³-hybridized carbons (Fsp3) is 0.533. The fourth-order valence-electron chi connectivity index (χ4n) is 2.27. The monoisotopic (exact) mass is 260 g/mol. The molecule has 4 heteroatoms.